The lowest BCUT2D eigenvalue weighted by atomic mass is 10.2. The zero-order valence-corrected chi connectivity index (χ0v) is 12.4. The van der Waals surface area contributed by atoms with Crippen LogP contribution in [-0.2, 0) is 0 Å². The van der Waals surface area contributed by atoms with Crippen molar-refractivity contribution in [3.8, 4) is 11.6 Å². The number of aryl methyl sites for hydroxylation is 1. The average molecular weight is 268 g/mol. The van der Waals surface area contributed by atoms with E-state index in [1.54, 1.807) is 13.3 Å². The molecule has 3 rings (SSSR count). The monoisotopic (exact) mass is 268 g/mol. The summed E-state index contributed by atoms with van der Waals surface area (Å²) in [4.78, 5) is 4.26. The maximum absolute atomic E-state index is 5.33. The molecule has 0 aliphatic carbocycles. The second-order valence-corrected chi connectivity index (χ2v) is 4.23. The lowest BCUT2D eigenvalue weighted by molar-refractivity contribution is 0.403. The topological polar surface area (TPSA) is 27.1 Å². The van der Waals surface area contributed by atoms with Crippen molar-refractivity contribution >= 4 is 10.9 Å². The summed E-state index contributed by atoms with van der Waals surface area (Å²) >= 11 is 0. The molecule has 1 aromatic carbocycles. The predicted octanol–water partition coefficient (Wildman–Crippen LogP) is 4.37. The molecular weight excluding hydrogens is 248 g/mol. The maximum atomic E-state index is 5.33. The SMILES string of the molecule is CC.COc1nccc2c1c(C)cn2-c1ccccc1. The normalized spacial score (nSPS) is 10.0. The van der Waals surface area contributed by atoms with Crippen LogP contribution in [0, 0.1) is 6.92 Å². The summed E-state index contributed by atoms with van der Waals surface area (Å²) in [5.41, 5.74) is 3.42. The van der Waals surface area contributed by atoms with Crippen LogP contribution in [0.25, 0.3) is 16.6 Å². The Morgan fingerprint density at radius 3 is 2.40 bits per heavy atom. The minimum atomic E-state index is 0.680. The number of fused-ring (bicyclic) bond motifs is 1. The number of pyridine rings is 1. The number of para-hydroxylation sites is 1. The molecule has 2 aromatic heterocycles. The second-order valence-electron chi connectivity index (χ2n) is 4.23. The Hall–Kier alpha value is -2.29. The van der Waals surface area contributed by atoms with E-state index in [2.05, 4.69) is 34.8 Å². The Kier molecular flexibility index (Phi) is 4.41. The molecule has 3 aromatic rings. The summed E-state index contributed by atoms with van der Waals surface area (Å²) in [5, 5.41) is 1.07. The van der Waals surface area contributed by atoms with E-state index in [1.165, 1.54) is 5.56 Å². The molecule has 0 unspecified atom stereocenters. The Morgan fingerprint density at radius 2 is 1.75 bits per heavy atom. The molecule has 0 N–H and O–H groups in total. The van der Waals surface area contributed by atoms with Crippen molar-refractivity contribution in [3.05, 3.63) is 54.4 Å². The van der Waals surface area contributed by atoms with Gasteiger partial charge >= 0.3 is 0 Å². The molecule has 0 saturated carbocycles. The molecule has 2 heterocycles. The van der Waals surface area contributed by atoms with Crippen molar-refractivity contribution in [2.45, 2.75) is 20.8 Å². The molecule has 0 atom stereocenters. The summed E-state index contributed by atoms with van der Waals surface area (Å²) in [6.45, 7) is 6.08. The van der Waals surface area contributed by atoms with Crippen LogP contribution in [0.1, 0.15) is 19.4 Å². The van der Waals surface area contributed by atoms with E-state index in [0.29, 0.717) is 5.88 Å². The lowest BCUT2D eigenvalue weighted by Gasteiger charge is -2.05. The van der Waals surface area contributed by atoms with Gasteiger partial charge in [0.05, 0.1) is 18.0 Å². The van der Waals surface area contributed by atoms with Crippen LogP contribution in [0.4, 0.5) is 0 Å². The lowest BCUT2D eigenvalue weighted by Crippen LogP contribution is -1.92. The van der Waals surface area contributed by atoms with Gasteiger partial charge in [-0.15, -0.1) is 0 Å². The van der Waals surface area contributed by atoms with E-state index in [-0.39, 0.29) is 0 Å². The first-order chi connectivity index (χ1) is 9.81. The van der Waals surface area contributed by atoms with Gasteiger partial charge in [0, 0.05) is 18.1 Å². The number of hydrogen-bond acceptors (Lipinski definition) is 2. The van der Waals surface area contributed by atoms with Gasteiger partial charge in [0.1, 0.15) is 0 Å². The number of aromatic nitrogens is 2. The molecule has 0 amide bonds. The first-order valence-corrected chi connectivity index (χ1v) is 6.87. The molecule has 0 radical (unpaired) electrons. The van der Waals surface area contributed by atoms with E-state index in [0.717, 1.165) is 16.6 Å². The minimum Gasteiger partial charge on any atom is -0.480 e. The van der Waals surface area contributed by atoms with Crippen LogP contribution in [0.5, 0.6) is 5.88 Å². The van der Waals surface area contributed by atoms with Gasteiger partial charge in [0.15, 0.2) is 0 Å². The van der Waals surface area contributed by atoms with Crippen molar-refractivity contribution in [2.24, 2.45) is 0 Å². The molecule has 20 heavy (non-hydrogen) atoms. The summed E-state index contributed by atoms with van der Waals surface area (Å²) in [7, 11) is 1.65. The third-order valence-corrected chi connectivity index (χ3v) is 3.10. The van der Waals surface area contributed by atoms with Gasteiger partial charge in [-0.1, -0.05) is 32.0 Å². The Morgan fingerprint density at radius 1 is 1.05 bits per heavy atom. The highest BCUT2D eigenvalue weighted by molar-refractivity contribution is 5.89. The molecule has 0 fully saturated rings. The number of benzene rings is 1. The maximum Gasteiger partial charge on any atom is 0.222 e. The molecule has 104 valence electrons. The summed E-state index contributed by atoms with van der Waals surface area (Å²) in [6, 6.07) is 12.3. The molecule has 3 heteroatoms. The minimum absolute atomic E-state index is 0.680. The van der Waals surface area contributed by atoms with E-state index in [9.17, 15) is 0 Å². The van der Waals surface area contributed by atoms with Crippen LogP contribution in [0.2, 0.25) is 0 Å². The zero-order valence-electron chi connectivity index (χ0n) is 12.4. The molecular formula is C17H20N2O. The number of ether oxygens (including phenoxy) is 1. The molecule has 0 saturated heterocycles. The third-order valence-electron chi connectivity index (χ3n) is 3.10. The van der Waals surface area contributed by atoms with Crippen LogP contribution in [0.15, 0.2) is 48.8 Å². The Labute approximate surface area is 119 Å². The van der Waals surface area contributed by atoms with Gasteiger partial charge in [-0.05, 0) is 30.7 Å². The van der Waals surface area contributed by atoms with Gasteiger partial charge in [0.2, 0.25) is 5.88 Å². The highest BCUT2D eigenvalue weighted by Crippen LogP contribution is 2.29. The fourth-order valence-corrected chi connectivity index (χ4v) is 2.29. The van der Waals surface area contributed by atoms with Crippen LogP contribution >= 0.6 is 0 Å². The predicted molar refractivity (Wildman–Crippen MR) is 83.7 cm³/mol. The fraction of sp³-hybridized carbons (Fsp3) is 0.235. The van der Waals surface area contributed by atoms with E-state index in [1.807, 2.05) is 38.1 Å². The van der Waals surface area contributed by atoms with Crippen LogP contribution in [-0.4, -0.2) is 16.7 Å². The van der Waals surface area contributed by atoms with Gasteiger partial charge < -0.3 is 9.30 Å². The van der Waals surface area contributed by atoms with E-state index in [4.69, 9.17) is 4.74 Å². The second kappa shape index (κ2) is 6.24. The molecule has 0 bridgehead atoms. The van der Waals surface area contributed by atoms with E-state index >= 15 is 0 Å². The van der Waals surface area contributed by atoms with Crippen molar-refractivity contribution in [1.29, 1.82) is 0 Å². The van der Waals surface area contributed by atoms with Crippen molar-refractivity contribution < 1.29 is 4.74 Å². The molecule has 0 aliphatic rings. The van der Waals surface area contributed by atoms with Gasteiger partial charge in [0.25, 0.3) is 0 Å². The fourth-order valence-electron chi connectivity index (χ4n) is 2.29. The largest absolute Gasteiger partial charge is 0.480 e. The average Bonchev–Trinajstić information content (AvgIpc) is 2.87. The third kappa shape index (κ3) is 2.39. The number of methoxy groups -OCH3 is 1. The Bertz CT molecular complexity index is 687. The first kappa shape index (κ1) is 14.1. The standard InChI is InChI=1S/C15H14N2O.C2H6/c1-11-10-17(12-6-4-3-5-7-12)13-8-9-16-15(18-2)14(11)13;1-2/h3-10H,1-2H3;1-2H3. The highest BCUT2D eigenvalue weighted by atomic mass is 16.5. The highest BCUT2D eigenvalue weighted by Gasteiger charge is 2.11. The van der Waals surface area contributed by atoms with Crippen molar-refractivity contribution in [1.82, 2.24) is 9.55 Å². The molecule has 3 nitrogen and oxygen atoms in total. The number of hydrogen-bond donors (Lipinski definition) is 0. The summed E-state index contributed by atoms with van der Waals surface area (Å²) in [6.07, 6.45) is 3.89. The number of nitrogens with zero attached hydrogens (tertiary/aromatic N) is 2. The molecule has 0 spiro atoms. The summed E-state index contributed by atoms with van der Waals surface area (Å²) < 4.78 is 7.49. The van der Waals surface area contributed by atoms with Crippen molar-refractivity contribution in [2.75, 3.05) is 7.11 Å². The zero-order chi connectivity index (χ0) is 14.5. The van der Waals surface area contributed by atoms with E-state index < -0.39 is 0 Å². The van der Waals surface area contributed by atoms with Gasteiger partial charge in [-0.2, -0.15) is 0 Å². The van der Waals surface area contributed by atoms with Gasteiger partial charge in [-0.3, -0.25) is 0 Å². The summed E-state index contributed by atoms with van der Waals surface area (Å²) in [5.74, 6) is 0.680. The van der Waals surface area contributed by atoms with Crippen molar-refractivity contribution in [3.63, 3.8) is 0 Å². The quantitative estimate of drug-likeness (QED) is 0.690. The first-order valence-electron chi connectivity index (χ1n) is 6.87. The number of rotatable bonds is 2. The smallest absolute Gasteiger partial charge is 0.222 e. The van der Waals surface area contributed by atoms with Crippen LogP contribution < -0.4 is 4.74 Å². The Balaban J connectivity index is 0.000000704. The molecule has 0 aliphatic heterocycles. The van der Waals surface area contributed by atoms with Crippen LogP contribution in [0.3, 0.4) is 0 Å². The van der Waals surface area contributed by atoms with Gasteiger partial charge in [-0.25, -0.2) is 4.98 Å².